The third-order valence-electron chi connectivity index (χ3n) is 2.68. The molecule has 0 aliphatic carbocycles. The molecule has 0 saturated carbocycles. The number of nitrogens with zero attached hydrogens (tertiary/aromatic N) is 1. The first-order valence-corrected chi connectivity index (χ1v) is 5.67. The maximum absolute atomic E-state index is 5.90. The first-order chi connectivity index (χ1) is 6.17. The highest BCUT2D eigenvalue weighted by Crippen LogP contribution is 2.26. The zero-order valence-electron chi connectivity index (χ0n) is 8.26. The summed E-state index contributed by atoms with van der Waals surface area (Å²) in [6.45, 7) is 6.49. The fourth-order valence-electron chi connectivity index (χ4n) is 2.08. The van der Waals surface area contributed by atoms with E-state index in [-0.39, 0.29) is 0 Å². The molecule has 0 radical (unpaired) electrons. The van der Waals surface area contributed by atoms with Crippen LogP contribution in [0.2, 0.25) is 0 Å². The van der Waals surface area contributed by atoms with Crippen LogP contribution in [0, 0.1) is 5.92 Å². The Bertz CT molecular complexity index is 191. The van der Waals surface area contributed by atoms with Gasteiger partial charge in [0.1, 0.15) is 0 Å². The first kappa shape index (κ1) is 11.4. The molecule has 1 heterocycles. The molecule has 0 aromatic carbocycles. The van der Waals surface area contributed by atoms with Gasteiger partial charge in [-0.25, -0.2) is 0 Å². The van der Waals surface area contributed by atoms with Crippen molar-refractivity contribution in [3.05, 3.63) is 10.6 Å². The van der Waals surface area contributed by atoms with Crippen molar-refractivity contribution in [3.8, 4) is 0 Å². The van der Waals surface area contributed by atoms with Crippen molar-refractivity contribution in [2.75, 3.05) is 13.1 Å². The van der Waals surface area contributed by atoms with Crippen LogP contribution in [0.25, 0.3) is 0 Å². The molecule has 0 aromatic rings. The third kappa shape index (κ3) is 3.16. The molecule has 1 nitrogen and oxygen atoms in total. The van der Waals surface area contributed by atoms with Crippen molar-refractivity contribution in [3.63, 3.8) is 0 Å². The summed E-state index contributed by atoms with van der Waals surface area (Å²) in [4.78, 5) is 2.42. The molecule has 0 bridgehead atoms. The van der Waals surface area contributed by atoms with Gasteiger partial charge in [0.15, 0.2) is 0 Å². The fourth-order valence-corrected chi connectivity index (χ4v) is 2.31. The average molecular weight is 222 g/mol. The molecular formula is C10H17Cl2N. The highest BCUT2D eigenvalue weighted by molar-refractivity contribution is 6.36. The molecule has 1 fully saturated rings. The van der Waals surface area contributed by atoms with E-state index in [0.717, 1.165) is 24.0 Å². The van der Waals surface area contributed by atoms with Crippen molar-refractivity contribution < 1.29 is 0 Å². The summed E-state index contributed by atoms with van der Waals surface area (Å²) in [5.74, 6) is 0.796. The van der Waals surface area contributed by atoms with Crippen LogP contribution in [0.1, 0.15) is 26.7 Å². The van der Waals surface area contributed by atoms with Crippen molar-refractivity contribution in [2.24, 2.45) is 5.92 Å². The van der Waals surface area contributed by atoms with E-state index in [4.69, 9.17) is 23.2 Å². The van der Waals surface area contributed by atoms with Crippen molar-refractivity contribution in [1.29, 1.82) is 0 Å². The van der Waals surface area contributed by atoms with Crippen molar-refractivity contribution in [1.82, 2.24) is 4.90 Å². The second-order valence-corrected chi connectivity index (χ2v) is 4.59. The highest BCUT2D eigenvalue weighted by atomic mass is 35.5. The lowest BCUT2D eigenvalue weighted by Crippen LogP contribution is -2.30. The Balaban J connectivity index is 2.48. The van der Waals surface area contributed by atoms with E-state index in [1.54, 1.807) is 0 Å². The number of hydrogen-bond donors (Lipinski definition) is 0. The fraction of sp³-hybridized carbons (Fsp3) is 0.800. The van der Waals surface area contributed by atoms with Gasteiger partial charge in [-0.3, -0.25) is 4.90 Å². The van der Waals surface area contributed by atoms with Crippen LogP contribution in [0.3, 0.4) is 0 Å². The van der Waals surface area contributed by atoms with Crippen LogP contribution in [0.4, 0.5) is 0 Å². The molecule has 1 rings (SSSR count). The zero-order valence-corrected chi connectivity index (χ0v) is 9.78. The van der Waals surface area contributed by atoms with Crippen LogP contribution in [-0.4, -0.2) is 24.0 Å². The predicted molar refractivity (Wildman–Crippen MR) is 59.2 cm³/mol. The number of halogens is 2. The lowest BCUT2D eigenvalue weighted by Gasteiger charge is -2.22. The SMILES string of the molecule is CCC1CC(C)CN1C/C(Cl)=C/Cl. The average Bonchev–Trinajstić information content (AvgIpc) is 2.46. The van der Waals surface area contributed by atoms with E-state index in [1.165, 1.54) is 18.4 Å². The maximum Gasteiger partial charge on any atom is 0.0434 e. The lowest BCUT2D eigenvalue weighted by atomic mass is 10.1. The summed E-state index contributed by atoms with van der Waals surface area (Å²) in [6, 6.07) is 0.695. The molecule has 1 saturated heterocycles. The topological polar surface area (TPSA) is 3.24 Å². The summed E-state index contributed by atoms with van der Waals surface area (Å²) in [6.07, 6.45) is 2.50. The van der Waals surface area contributed by atoms with Crippen LogP contribution in [0.5, 0.6) is 0 Å². The third-order valence-corrected chi connectivity index (χ3v) is 3.28. The van der Waals surface area contributed by atoms with E-state index >= 15 is 0 Å². The van der Waals surface area contributed by atoms with Gasteiger partial charge in [0.2, 0.25) is 0 Å². The Morgan fingerprint density at radius 2 is 2.31 bits per heavy atom. The minimum Gasteiger partial charge on any atom is -0.295 e. The Morgan fingerprint density at radius 1 is 1.62 bits per heavy atom. The van der Waals surface area contributed by atoms with E-state index < -0.39 is 0 Å². The molecule has 3 heteroatoms. The van der Waals surface area contributed by atoms with Crippen molar-refractivity contribution >= 4 is 23.2 Å². The van der Waals surface area contributed by atoms with Crippen LogP contribution in [0.15, 0.2) is 10.6 Å². The van der Waals surface area contributed by atoms with E-state index in [2.05, 4.69) is 18.7 Å². The van der Waals surface area contributed by atoms with Gasteiger partial charge in [-0.05, 0) is 18.8 Å². The molecule has 1 aliphatic rings. The smallest absolute Gasteiger partial charge is 0.0434 e. The normalized spacial score (nSPS) is 31.2. The van der Waals surface area contributed by atoms with Gasteiger partial charge in [0.25, 0.3) is 0 Å². The summed E-state index contributed by atoms with van der Waals surface area (Å²) in [7, 11) is 0. The molecule has 76 valence electrons. The highest BCUT2D eigenvalue weighted by Gasteiger charge is 2.27. The maximum atomic E-state index is 5.90. The molecule has 0 amide bonds. The first-order valence-electron chi connectivity index (χ1n) is 4.86. The Kier molecular flexibility index (Phi) is 4.57. The Labute approximate surface area is 90.7 Å². The molecule has 13 heavy (non-hydrogen) atoms. The van der Waals surface area contributed by atoms with Gasteiger partial charge in [0, 0.05) is 29.7 Å². The van der Waals surface area contributed by atoms with Gasteiger partial charge in [-0.15, -0.1) is 0 Å². The standard InChI is InChI=1S/C10H17Cl2N/c1-3-10-4-8(2)6-13(10)7-9(12)5-11/h5,8,10H,3-4,6-7H2,1-2H3/b9-5-. The monoisotopic (exact) mass is 221 g/mol. The largest absolute Gasteiger partial charge is 0.295 e. The van der Waals surface area contributed by atoms with Crippen molar-refractivity contribution in [2.45, 2.75) is 32.7 Å². The summed E-state index contributed by atoms with van der Waals surface area (Å²) >= 11 is 11.4. The molecule has 0 N–H and O–H groups in total. The minimum atomic E-state index is 0.695. The second-order valence-electron chi connectivity index (χ2n) is 3.89. The van der Waals surface area contributed by atoms with Gasteiger partial charge in [-0.1, -0.05) is 37.0 Å². The molecule has 1 aliphatic heterocycles. The number of rotatable bonds is 3. The number of hydrogen-bond acceptors (Lipinski definition) is 1. The van der Waals surface area contributed by atoms with Gasteiger partial charge in [0.05, 0.1) is 0 Å². The summed E-state index contributed by atoms with van der Waals surface area (Å²) < 4.78 is 0. The molecule has 2 atom stereocenters. The van der Waals surface area contributed by atoms with Crippen LogP contribution >= 0.6 is 23.2 Å². The van der Waals surface area contributed by atoms with Gasteiger partial charge >= 0.3 is 0 Å². The lowest BCUT2D eigenvalue weighted by molar-refractivity contribution is 0.270. The summed E-state index contributed by atoms with van der Waals surface area (Å²) in [5.41, 5.74) is 1.47. The zero-order chi connectivity index (χ0) is 9.84. The van der Waals surface area contributed by atoms with Crippen LogP contribution < -0.4 is 0 Å². The minimum absolute atomic E-state index is 0.695. The molecule has 0 spiro atoms. The Morgan fingerprint density at radius 3 is 2.85 bits per heavy atom. The van der Waals surface area contributed by atoms with E-state index in [9.17, 15) is 0 Å². The van der Waals surface area contributed by atoms with Crippen LogP contribution in [-0.2, 0) is 0 Å². The second kappa shape index (κ2) is 5.23. The quantitative estimate of drug-likeness (QED) is 0.707. The summed E-state index contributed by atoms with van der Waals surface area (Å²) in [5, 5.41) is 0.745. The van der Waals surface area contributed by atoms with Gasteiger partial charge in [-0.2, -0.15) is 0 Å². The molecule has 0 aromatic heterocycles. The molecule has 2 unspecified atom stereocenters. The van der Waals surface area contributed by atoms with E-state index in [1.807, 2.05) is 0 Å². The Hall–Kier alpha value is 0.280. The predicted octanol–water partition coefficient (Wildman–Crippen LogP) is 3.43. The molecular weight excluding hydrogens is 205 g/mol. The number of likely N-dealkylation sites (tertiary alicyclic amines) is 1. The van der Waals surface area contributed by atoms with E-state index in [0.29, 0.717) is 6.04 Å². The van der Waals surface area contributed by atoms with Gasteiger partial charge < -0.3 is 0 Å².